The van der Waals surface area contributed by atoms with Gasteiger partial charge in [-0.3, -0.25) is 9.88 Å². The van der Waals surface area contributed by atoms with Crippen LogP contribution in [0.5, 0.6) is 11.5 Å². The second-order valence-electron chi connectivity index (χ2n) is 7.98. The summed E-state index contributed by atoms with van der Waals surface area (Å²) in [5.74, 6) is 2.80. The number of hydrogen-bond donors (Lipinski definition) is 0. The van der Waals surface area contributed by atoms with E-state index in [0.29, 0.717) is 19.1 Å². The Kier molecular flexibility index (Phi) is 6.84. The fourth-order valence-electron chi connectivity index (χ4n) is 4.16. The minimum atomic E-state index is 0.246. The molecule has 1 aliphatic rings. The fourth-order valence-corrected chi connectivity index (χ4v) is 4.16. The molecule has 7 nitrogen and oxygen atoms in total. The van der Waals surface area contributed by atoms with Gasteiger partial charge < -0.3 is 18.7 Å². The molecule has 0 radical (unpaired) electrons. The van der Waals surface area contributed by atoms with Gasteiger partial charge in [0.25, 0.3) is 0 Å². The van der Waals surface area contributed by atoms with Gasteiger partial charge in [-0.15, -0.1) is 0 Å². The second-order valence-corrected chi connectivity index (χ2v) is 7.98. The Hall–Kier alpha value is -2.90. The molecule has 7 heteroatoms. The van der Waals surface area contributed by atoms with E-state index in [-0.39, 0.29) is 6.04 Å². The van der Waals surface area contributed by atoms with Crippen LogP contribution in [0, 0.1) is 12.8 Å². The zero-order chi connectivity index (χ0) is 21.6. The van der Waals surface area contributed by atoms with E-state index in [1.807, 2.05) is 31.5 Å². The normalized spacial score (nSPS) is 18.5. The minimum Gasteiger partial charge on any atom is -0.497 e. The average molecular weight is 424 g/mol. The van der Waals surface area contributed by atoms with Gasteiger partial charge in [0.15, 0.2) is 0 Å². The van der Waals surface area contributed by atoms with Crippen LogP contribution in [0.2, 0.25) is 0 Å². The van der Waals surface area contributed by atoms with Crippen molar-refractivity contribution in [1.82, 2.24) is 15.0 Å². The van der Waals surface area contributed by atoms with E-state index in [2.05, 4.69) is 39.3 Å². The van der Waals surface area contributed by atoms with Gasteiger partial charge in [-0.05, 0) is 42.3 Å². The van der Waals surface area contributed by atoms with Crippen molar-refractivity contribution in [2.45, 2.75) is 32.5 Å². The van der Waals surface area contributed by atoms with Gasteiger partial charge in [0.2, 0.25) is 0 Å². The van der Waals surface area contributed by atoms with E-state index in [4.69, 9.17) is 18.7 Å². The number of pyridine rings is 1. The first-order valence-corrected chi connectivity index (χ1v) is 10.5. The summed E-state index contributed by atoms with van der Waals surface area (Å²) >= 11 is 0. The van der Waals surface area contributed by atoms with E-state index in [1.165, 1.54) is 5.56 Å². The highest BCUT2D eigenvalue weighted by molar-refractivity contribution is 5.38. The van der Waals surface area contributed by atoms with Crippen LogP contribution in [0.1, 0.15) is 22.6 Å². The predicted octanol–water partition coefficient (Wildman–Crippen LogP) is 3.66. The van der Waals surface area contributed by atoms with Crippen LogP contribution in [0.3, 0.4) is 0 Å². The van der Waals surface area contributed by atoms with Crippen molar-refractivity contribution in [3.8, 4) is 11.5 Å². The van der Waals surface area contributed by atoms with Gasteiger partial charge >= 0.3 is 0 Å². The minimum absolute atomic E-state index is 0.246. The van der Waals surface area contributed by atoms with Crippen molar-refractivity contribution in [3.05, 3.63) is 71.4 Å². The molecule has 0 unspecified atom stereocenters. The maximum atomic E-state index is 5.93. The second kappa shape index (κ2) is 9.94. The van der Waals surface area contributed by atoms with E-state index in [1.54, 1.807) is 14.2 Å². The topological polar surface area (TPSA) is 69.9 Å². The monoisotopic (exact) mass is 423 g/mol. The first-order chi connectivity index (χ1) is 15.1. The molecule has 1 aliphatic heterocycles. The summed E-state index contributed by atoms with van der Waals surface area (Å²) < 4.78 is 22.4. The summed E-state index contributed by atoms with van der Waals surface area (Å²) in [4.78, 5) is 6.62. The van der Waals surface area contributed by atoms with E-state index < -0.39 is 0 Å². The molecule has 0 bridgehead atoms. The van der Waals surface area contributed by atoms with Crippen LogP contribution in [-0.2, 0) is 24.2 Å². The van der Waals surface area contributed by atoms with E-state index in [0.717, 1.165) is 48.0 Å². The molecule has 0 saturated carbocycles. The molecule has 0 amide bonds. The summed E-state index contributed by atoms with van der Waals surface area (Å²) in [5.41, 5.74) is 3.25. The van der Waals surface area contributed by atoms with Gasteiger partial charge in [-0.2, -0.15) is 0 Å². The van der Waals surface area contributed by atoms with Crippen LogP contribution in [-0.4, -0.2) is 48.5 Å². The number of rotatable bonds is 9. The molecule has 4 rings (SSSR count). The number of methoxy groups -OCH3 is 2. The highest BCUT2D eigenvalue weighted by Gasteiger charge is 2.34. The van der Waals surface area contributed by atoms with Crippen molar-refractivity contribution in [2.75, 3.05) is 27.4 Å². The molecule has 1 fully saturated rings. The molecular formula is C24H29N3O4. The Balaban J connectivity index is 1.59. The SMILES string of the molecule is COc1cc(CN(Cc2ccncc2)[C@@H]2COC[C@H]2Cc2cc(C)no2)cc(OC)c1. The smallest absolute Gasteiger partial charge is 0.137 e. The van der Waals surface area contributed by atoms with Crippen molar-refractivity contribution in [1.29, 1.82) is 0 Å². The van der Waals surface area contributed by atoms with Crippen molar-refractivity contribution >= 4 is 0 Å². The largest absolute Gasteiger partial charge is 0.497 e. The number of hydrogen-bond acceptors (Lipinski definition) is 7. The van der Waals surface area contributed by atoms with Crippen LogP contribution >= 0.6 is 0 Å². The zero-order valence-corrected chi connectivity index (χ0v) is 18.3. The molecule has 0 aliphatic carbocycles. The summed E-state index contributed by atoms with van der Waals surface area (Å²) in [6.45, 7) is 4.88. The van der Waals surface area contributed by atoms with Crippen LogP contribution in [0.4, 0.5) is 0 Å². The summed E-state index contributed by atoms with van der Waals surface area (Å²) in [6.07, 6.45) is 4.48. The molecule has 0 spiro atoms. The third-order valence-corrected chi connectivity index (χ3v) is 5.71. The van der Waals surface area contributed by atoms with E-state index in [9.17, 15) is 0 Å². The Morgan fingerprint density at radius 3 is 2.32 bits per heavy atom. The summed E-state index contributed by atoms with van der Waals surface area (Å²) in [6, 6.07) is 12.4. The van der Waals surface area contributed by atoms with E-state index >= 15 is 0 Å². The lowest BCUT2D eigenvalue weighted by Crippen LogP contribution is -2.40. The molecule has 2 aromatic heterocycles. The lowest BCUT2D eigenvalue weighted by atomic mass is 9.95. The quantitative estimate of drug-likeness (QED) is 0.520. The number of aromatic nitrogens is 2. The zero-order valence-electron chi connectivity index (χ0n) is 18.3. The Bertz CT molecular complexity index is 954. The molecule has 31 heavy (non-hydrogen) atoms. The lowest BCUT2D eigenvalue weighted by Gasteiger charge is -2.32. The van der Waals surface area contributed by atoms with Gasteiger partial charge in [0.05, 0.1) is 33.1 Å². The van der Waals surface area contributed by atoms with Gasteiger partial charge in [0, 0.05) is 56.0 Å². The molecule has 0 N–H and O–H groups in total. The molecule has 164 valence electrons. The number of nitrogens with zero attached hydrogens (tertiary/aromatic N) is 3. The molecule has 1 aromatic carbocycles. The first-order valence-electron chi connectivity index (χ1n) is 10.5. The first kappa shape index (κ1) is 21.3. The van der Waals surface area contributed by atoms with Crippen molar-refractivity contribution in [2.24, 2.45) is 5.92 Å². The van der Waals surface area contributed by atoms with Gasteiger partial charge in [-0.25, -0.2) is 0 Å². The van der Waals surface area contributed by atoms with Crippen LogP contribution < -0.4 is 9.47 Å². The Labute approximate surface area is 182 Å². The molecule has 1 saturated heterocycles. The number of benzene rings is 1. The Morgan fingerprint density at radius 2 is 1.68 bits per heavy atom. The standard InChI is InChI=1S/C24H29N3O4/c1-17-8-23(31-26-17)11-20-15-30-16-24(20)27(13-18-4-6-25-7-5-18)14-19-9-21(28-2)12-22(10-19)29-3/h4-10,12,20,24H,11,13-16H2,1-3H3/t20-,24-/m1/s1. The summed E-state index contributed by atoms with van der Waals surface area (Å²) in [7, 11) is 3.35. The molecule has 3 heterocycles. The average Bonchev–Trinajstić information content (AvgIpc) is 3.42. The maximum absolute atomic E-state index is 5.93. The van der Waals surface area contributed by atoms with Crippen molar-refractivity contribution < 1.29 is 18.7 Å². The number of aryl methyl sites for hydroxylation is 1. The molecule has 3 aromatic rings. The van der Waals surface area contributed by atoms with Crippen LogP contribution in [0.15, 0.2) is 53.3 Å². The van der Waals surface area contributed by atoms with Gasteiger partial charge in [-0.1, -0.05) is 5.16 Å². The highest BCUT2D eigenvalue weighted by Crippen LogP contribution is 2.29. The molecular weight excluding hydrogens is 394 g/mol. The lowest BCUT2D eigenvalue weighted by molar-refractivity contribution is 0.127. The third kappa shape index (κ3) is 5.42. The van der Waals surface area contributed by atoms with Crippen molar-refractivity contribution in [3.63, 3.8) is 0 Å². The fraction of sp³-hybridized carbons (Fsp3) is 0.417. The number of ether oxygens (including phenoxy) is 3. The van der Waals surface area contributed by atoms with Gasteiger partial charge in [0.1, 0.15) is 17.3 Å². The highest BCUT2D eigenvalue weighted by atomic mass is 16.5. The summed E-state index contributed by atoms with van der Waals surface area (Å²) in [5, 5.41) is 4.04. The third-order valence-electron chi connectivity index (χ3n) is 5.71. The predicted molar refractivity (Wildman–Crippen MR) is 116 cm³/mol. The molecule has 2 atom stereocenters. The Morgan fingerprint density at radius 1 is 0.968 bits per heavy atom. The van der Waals surface area contributed by atoms with Crippen LogP contribution in [0.25, 0.3) is 0 Å². The maximum Gasteiger partial charge on any atom is 0.137 e.